The largest absolute Gasteiger partial charge is 0.438 e. The molecule has 1 aliphatic heterocycles. The SMILES string of the molecule is Cc1ccc(NC(=O)CSc2nc(-c3ccccc3)nc3c2Cc2cc(Cl)ccc2O3)cc1C. The van der Waals surface area contributed by atoms with Crippen molar-refractivity contribution in [1.82, 2.24) is 9.97 Å². The van der Waals surface area contributed by atoms with Gasteiger partial charge in [-0.25, -0.2) is 4.98 Å². The molecule has 5 nitrogen and oxygen atoms in total. The number of anilines is 1. The summed E-state index contributed by atoms with van der Waals surface area (Å²) in [6.07, 6.45) is 0.585. The zero-order valence-electron chi connectivity index (χ0n) is 18.8. The highest BCUT2D eigenvalue weighted by Crippen LogP contribution is 2.41. The molecule has 1 aliphatic rings. The van der Waals surface area contributed by atoms with Gasteiger partial charge in [-0.05, 0) is 55.3 Å². The first kappa shape index (κ1) is 22.4. The highest BCUT2D eigenvalue weighted by molar-refractivity contribution is 8.00. The molecule has 0 bridgehead atoms. The average molecular weight is 488 g/mol. The number of thioether (sulfide) groups is 1. The summed E-state index contributed by atoms with van der Waals surface area (Å²) in [6.45, 7) is 4.08. The zero-order chi connectivity index (χ0) is 23.7. The van der Waals surface area contributed by atoms with E-state index < -0.39 is 0 Å². The molecule has 34 heavy (non-hydrogen) atoms. The van der Waals surface area contributed by atoms with Crippen LogP contribution in [0.4, 0.5) is 5.69 Å². The van der Waals surface area contributed by atoms with E-state index in [0.29, 0.717) is 23.1 Å². The molecule has 0 unspecified atom stereocenters. The number of ether oxygens (including phenoxy) is 1. The van der Waals surface area contributed by atoms with Crippen LogP contribution in [0.25, 0.3) is 11.4 Å². The van der Waals surface area contributed by atoms with Crippen molar-refractivity contribution in [3.63, 3.8) is 0 Å². The van der Waals surface area contributed by atoms with E-state index in [9.17, 15) is 4.79 Å². The summed E-state index contributed by atoms with van der Waals surface area (Å²) in [5.74, 6) is 1.93. The van der Waals surface area contributed by atoms with Gasteiger partial charge >= 0.3 is 0 Å². The number of hydrogen-bond acceptors (Lipinski definition) is 5. The van der Waals surface area contributed by atoms with Crippen molar-refractivity contribution in [2.24, 2.45) is 0 Å². The molecule has 0 radical (unpaired) electrons. The first-order valence-electron chi connectivity index (χ1n) is 10.9. The summed E-state index contributed by atoms with van der Waals surface area (Å²) >= 11 is 7.59. The van der Waals surface area contributed by atoms with E-state index in [1.165, 1.54) is 17.3 Å². The summed E-state index contributed by atoms with van der Waals surface area (Å²) < 4.78 is 6.14. The van der Waals surface area contributed by atoms with Crippen molar-refractivity contribution in [2.45, 2.75) is 25.3 Å². The molecule has 0 saturated heterocycles. The summed E-state index contributed by atoms with van der Waals surface area (Å²) in [5, 5.41) is 4.35. The average Bonchev–Trinajstić information content (AvgIpc) is 2.84. The van der Waals surface area contributed by atoms with E-state index >= 15 is 0 Å². The number of aromatic nitrogens is 2. The number of carbonyl (C=O) groups excluding carboxylic acids is 1. The maximum absolute atomic E-state index is 12.7. The molecular weight excluding hydrogens is 466 g/mol. The molecule has 1 amide bonds. The van der Waals surface area contributed by atoms with Gasteiger partial charge in [0.1, 0.15) is 10.8 Å². The van der Waals surface area contributed by atoms with Crippen LogP contribution in [0, 0.1) is 13.8 Å². The Morgan fingerprint density at radius 3 is 2.65 bits per heavy atom. The van der Waals surface area contributed by atoms with Crippen molar-refractivity contribution >= 4 is 35.0 Å². The molecule has 2 heterocycles. The first-order chi connectivity index (χ1) is 16.5. The third-order valence-corrected chi connectivity index (χ3v) is 6.94. The van der Waals surface area contributed by atoms with Crippen LogP contribution >= 0.6 is 23.4 Å². The molecule has 0 spiro atoms. The van der Waals surface area contributed by atoms with Gasteiger partial charge < -0.3 is 10.1 Å². The van der Waals surface area contributed by atoms with Crippen LogP contribution in [0.1, 0.15) is 22.3 Å². The third-order valence-electron chi connectivity index (χ3n) is 5.69. The maximum atomic E-state index is 12.7. The van der Waals surface area contributed by atoms with Gasteiger partial charge in [0.05, 0.1) is 11.3 Å². The molecule has 1 N–H and O–H groups in total. The monoisotopic (exact) mass is 487 g/mol. The summed E-state index contributed by atoms with van der Waals surface area (Å²) in [5.41, 5.74) is 5.83. The second-order valence-electron chi connectivity index (χ2n) is 8.17. The second-order valence-corrected chi connectivity index (χ2v) is 9.57. The van der Waals surface area contributed by atoms with Crippen LogP contribution in [-0.4, -0.2) is 21.6 Å². The maximum Gasteiger partial charge on any atom is 0.234 e. The molecule has 170 valence electrons. The molecule has 4 aromatic rings. The van der Waals surface area contributed by atoms with Crippen LogP contribution in [0.2, 0.25) is 5.02 Å². The van der Waals surface area contributed by atoms with E-state index in [-0.39, 0.29) is 11.7 Å². The van der Waals surface area contributed by atoms with Crippen LogP contribution in [-0.2, 0) is 11.2 Å². The minimum absolute atomic E-state index is 0.0953. The first-order valence-corrected chi connectivity index (χ1v) is 12.2. The molecule has 0 aliphatic carbocycles. The molecule has 0 fully saturated rings. The Morgan fingerprint density at radius 1 is 1.03 bits per heavy atom. The number of amides is 1. The lowest BCUT2D eigenvalue weighted by Crippen LogP contribution is -2.15. The van der Waals surface area contributed by atoms with Gasteiger partial charge in [0.2, 0.25) is 11.8 Å². The fraction of sp³-hybridized carbons (Fsp3) is 0.148. The standard InChI is InChI=1S/C27H22ClN3O2S/c1-16-8-10-21(12-17(16)2)29-24(32)15-34-27-22-14-19-13-20(28)9-11-23(19)33-26(22)30-25(31-27)18-6-4-3-5-7-18/h3-13H,14-15H2,1-2H3,(H,29,32). The smallest absolute Gasteiger partial charge is 0.234 e. The fourth-order valence-electron chi connectivity index (χ4n) is 3.75. The molecule has 1 aromatic heterocycles. The van der Waals surface area contributed by atoms with Crippen molar-refractivity contribution in [2.75, 3.05) is 11.1 Å². The Morgan fingerprint density at radius 2 is 1.85 bits per heavy atom. The molecule has 5 rings (SSSR count). The van der Waals surface area contributed by atoms with Crippen molar-refractivity contribution in [3.8, 4) is 23.0 Å². The number of rotatable bonds is 5. The fourth-order valence-corrected chi connectivity index (χ4v) is 4.77. The number of hydrogen-bond donors (Lipinski definition) is 1. The van der Waals surface area contributed by atoms with Crippen LogP contribution in [0.5, 0.6) is 11.6 Å². The molecule has 0 atom stereocenters. The normalized spacial score (nSPS) is 11.9. The molecule has 3 aromatic carbocycles. The number of benzene rings is 3. The number of fused-ring (bicyclic) bond motifs is 2. The van der Waals surface area contributed by atoms with Crippen LogP contribution < -0.4 is 10.1 Å². The third kappa shape index (κ3) is 4.79. The zero-order valence-corrected chi connectivity index (χ0v) is 20.3. The summed E-state index contributed by atoms with van der Waals surface area (Å²) in [7, 11) is 0. The Bertz CT molecular complexity index is 1390. The highest BCUT2D eigenvalue weighted by Gasteiger charge is 2.25. The number of aryl methyl sites for hydroxylation is 2. The van der Waals surface area contributed by atoms with Gasteiger partial charge in [0, 0.05) is 28.3 Å². The predicted molar refractivity (Wildman–Crippen MR) is 137 cm³/mol. The number of nitrogens with zero attached hydrogens (tertiary/aromatic N) is 2. The molecule has 0 saturated carbocycles. The van der Waals surface area contributed by atoms with E-state index in [0.717, 1.165) is 38.7 Å². The Labute approximate surface area is 207 Å². The number of halogens is 1. The van der Waals surface area contributed by atoms with Gasteiger partial charge in [-0.2, -0.15) is 4.98 Å². The lowest BCUT2D eigenvalue weighted by atomic mass is 10.0. The van der Waals surface area contributed by atoms with E-state index in [1.807, 2.05) is 74.5 Å². The van der Waals surface area contributed by atoms with Gasteiger partial charge in [0.25, 0.3) is 0 Å². The quantitative estimate of drug-likeness (QED) is 0.217. The summed E-state index contributed by atoms with van der Waals surface area (Å²) in [4.78, 5) is 22.2. The Balaban J connectivity index is 1.43. The van der Waals surface area contributed by atoms with Crippen molar-refractivity contribution < 1.29 is 9.53 Å². The van der Waals surface area contributed by atoms with Crippen molar-refractivity contribution in [1.29, 1.82) is 0 Å². The highest BCUT2D eigenvalue weighted by atomic mass is 35.5. The van der Waals surface area contributed by atoms with E-state index in [1.54, 1.807) is 6.07 Å². The van der Waals surface area contributed by atoms with E-state index in [4.69, 9.17) is 26.3 Å². The number of nitrogens with one attached hydrogen (secondary N) is 1. The van der Waals surface area contributed by atoms with Crippen LogP contribution in [0.15, 0.2) is 71.8 Å². The van der Waals surface area contributed by atoms with Crippen molar-refractivity contribution in [3.05, 3.63) is 94.0 Å². The Hall–Kier alpha value is -3.35. The minimum Gasteiger partial charge on any atom is -0.438 e. The van der Waals surface area contributed by atoms with Gasteiger partial charge in [-0.3, -0.25) is 4.79 Å². The van der Waals surface area contributed by atoms with E-state index in [2.05, 4.69) is 5.32 Å². The van der Waals surface area contributed by atoms with Gasteiger partial charge in [-0.1, -0.05) is 59.8 Å². The second kappa shape index (κ2) is 9.49. The minimum atomic E-state index is -0.0953. The number of carbonyl (C=O) groups is 1. The van der Waals surface area contributed by atoms with Gasteiger partial charge in [-0.15, -0.1) is 0 Å². The molecule has 7 heteroatoms. The molecular formula is C27H22ClN3O2S. The summed E-state index contributed by atoms with van der Waals surface area (Å²) in [6, 6.07) is 21.2. The lowest BCUT2D eigenvalue weighted by Gasteiger charge is -2.22. The van der Waals surface area contributed by atoms with Gasteiger partial charge in [0.15, 0.2) is 5.82 Å². The Kier molecular flexibility index (Phi) is 6.26. The lowest BCUT2D eigenvalue weighted by molar-refractivity contribution is -0.113. The topological polar surface area (TPSA) is 64.1 Å². The predicted octanol–water partition coefficient (Wildman–Crippen LogP) is 6.84. The van der Waals surface area contributed by atoms with Crippen LogP contribution in [0.3, 0.4) is 0 Å².